The zero-order valence-corrected chi connectivity index (χ0v) is 28.0. The van der Waals surface area contributed by atoms with Gasteiger partial charge in [0.25, 0.3) is 10.0 Å². The summed E-state index contributed by atoms with van der Waals surface area (Å²) >= 11 is 0. The molecule has 0 fully saturated rings. The maximum Gasteiger partial charge on any atom is 0.264 e. The quantitative estimate of drug-likeness (QED) is 0.185. The van der Waals surface area contributed by atoms with Crippen molar-refractivity contribution < 1.29 is 22.7 Å². The highest BCUT2D eigenvalue weighted by molar-refractivity contribution is 7.92. The van der Waals surface area contributed by atoms with Gasteiger partial charge in [-0.25, -0.2) is 8.42 Å². The number of amides is 2. The molecule has 0 aliphatic rings. The molecule has 0 saturated carbocycles. The molecule has 9 heteroatoms. The van der Waals surface area contributed by atoms with Crippen LogP contribution in [0.25, 0.3) is 0 Å². The average molecular weight is 642 g/mol. The lowest BCUT2D eigenvalue weighted by molar-refractivity contribution is -0.140. The summed E-state index contributed by atoms with van der Waals surface area (Å²) in [7, 11) is -2.70. The van der Waals surface area contributed by atoms with Crippen molar-refractivity contribution in [1.82, 2.24) is 10.2 Å². The van der Waals surface area contributed by atoms with Crippen LogP contribution in [0.1, 0.15) is 36.1 Å². The van der Waals surface area contributed by atoms with E-state index in [9.17, 15) is 18.0 Å². The first-order chi connectivity index (χ1) is 22.0. The maximum atomic E-state index is 14.6. The lowest BCUT2D eigenvalue weighted by atomic mass is 10.0. The first kappa shape index (κ1) is 34.2. The zero-order valence-electron chi connectivity index (χ0n) is 27.1. The summed E-state index contributed by atoms with van der Waals surface area (Å²) in [5.74, 6) is -0.167. The minimum atomic E-state index is -4.20. The van der Waals surface area contributed by atoms with Gasteiger partial charge in [0.2, 0.25) is 11.8 Å². The van der Waals surface area contributed by atoms with Crippen LogP contribution >= 0.6 is 0 Å². The fourth-order valence-electron chi connectivity index (χ4n) is 5.12. The number of sulfonamides is 1. The number of anilines is 1. The molecule has 0 aromatic heterocycles. The second-order valence-electron chi connectivity index (χ2n) is 11.9. The topological polar surface area (TPSA) is 96.0 Å². The molecule has 0 radical (unpaired) electrons. The standard InChI is InChI=1S/C37H43N3O5S/c1-27(2)24-38-37(42)35(22-30-12-7-6-8-13-30)39(25-31-14-9-11-29(4)21-31)36(41)26-40(32-15-10-16-33(23-32)45-5)46(43,44)34-19-17-28(3)18-20-34/h6-21,23,27,35H,22,24-26H2,1-5H3,(H,38,42). The highest BCUT2D eigenvalue weighted by atomic mass is 32.2. The Labute approximate surface area is 273 Å². The van der Waals surface area contributed by atoms with Gasteiger partial charge in [0.15, 0.2) is 0 Å². The first-order valence-electron chi connectivity index (χ1n) is 15.4. The summed E-state index contributed by atoms with van der Waals surface area (Å²) in [5, 5.41) is 3.02. The number of ether oxygens (including phenoxy) is 1. The van der Waals surface area contributed by atoms with Crippen LogP contribution in [0.5, 0.6) is 5.75 Å². The lowest BCUT2D eigenvalue weighted by Gasteiger charge is -2.34. The van der Waals surface area contributed by atoms with Crippen LogP contribution in [0.15, 0.2) is 108 Å². The zero-order chi connectivity index (χ0) is 33.3. The summed E-state index contributed by atoms with van der Waals surface area (Å²) in [5.41, 5.74) is 3.90. The van der Waals surface area contributed by atoms with Gasteiger partial charge in [0.1, 0.15) is 18.3 Å². The molecule has 46 heavy (non-hydrogen) atoms. The second kappa shape index (κ2) is 15.6. The fraction of sp³-hybridized carbons (Fsp3) is 0.297. The van der Waals surface area contributed by atoms with E-state index in [1.807, 2.05) is 82.3 Å². The van der Waals surface area contributed by atoms with Crippen molar-refractivity contribution in [3.05, 3.63) is 125 Å². The molecule has 4 rings (SSSR count). The molecule has 4 aromatic carbocycles. The molecule has 4 aromatic rings. The molecule has 0 bridgehead atoms. The van der Waals surface area contributed by atoms with Crippen LogP contribution < -0.4 is 14.4 Å². The van der Waals surface area contributed by atoms with E-state index in [1.165, 1.54) is 24.1 Å². The van der Waals surface area contributed by atoms with Crippen molar-refractivity contribution in [3.63, 3.8) is 0 Å². The van der Waals surface area contributed by atoms with Crippen molar-refractivity contribution in [2.75, 3.05) is 24.5 Å². The molecule has 242 valence electrons. The van der Waals surface area contributed by atoms with Gasteiger partial charge in [-0.1, -0.05) is 97.8 Å². The fourth-order valence-corrected chi connectivity index (χ4v) is 6.52. The predicted molar refractivity (Wildman–Crippen MR) is 182 cm³/mol. The van der Waals surface area contributed by atoms with E-state index >= 15 is 0 Å². The Kier molecular flexibility index (Phi) is 11.6. The molecule has 0 aliphatic carbocycles. The first-order valence-corrected chi connectivity index (χ1v) is 16.8. The highest BCUT2D eigenvalue weighted by Gasteiger charge is 2.34. The molecule has 0 saturated heterocycles. The molecular formula is C37H43N3O5S. The van der Waals surface area contributed by atoms with Gasteiger partial charge >= 0.3 is 0 Å². The number of aryl methyl sites for hydroxylation is 2. The van der Waals surface area contributed by atoms with Gasteiger partial charge in [-0.15, -0.1) is 0 Å². The highest BCUT2D eigenvalue weighted by Crippen LogP contribution is 2.28. The van der Waals surface area contributed by atoms with Crippen LogP contribution in [-0.4, -0.2) is 51.4 Å². The van der Waals surface area contributed by atoms with Crippen molar-refractivity contribution in [2.45, 2.75) is 51.6 Å². The predicted octanol–water partition coefficient (Wildman–Crippen LogP) is 5.92. The van der Waals surface area contributed by atoms with Crippen molar-refractivity contribution in [3.8, 4) is 5.75 Å². The third kappa shape index (κ3) is 8.97. The Morgan fingerprint density at radius 1 is 0.804 bits per heavy atom. The normalized spacial score (nSPS) is 12.0. The van der Waals surface area contributed by atoms with E-state index in [4.69, 9.17) is 4.74 Å². The minimum absolute atomic E-state index is 0.0504. The average Bonchev–Trinajstić information content (AvgIpc) is 3.04. The number of methoxy groups -OCH3 is 1. The van der Waals surface area contributed by atoms with Crippen molar-refractivity contribution >= 4 is 27.5 Å². The number of hydrogen-bond acceptors (Lipinski definition) is 5. The summed E-state index contributed by atoms with van der Waals surface area (Å²) in [6, 6.07) is 29.5. The summed E-state index contributed by atoms with van der Waals surface area (Å²) in [6.07, 6.45) is 0.256. The van der Waals surface area contributed by atoms with E-state index in [0.29, 0.717) is 12.3 Å². The van der Waals surface area contributed by atoms with E-state index in [0.717, 1.165) is 26.6 Å². The number of rotatable bonds is 14. The number of nitrogens with one attached hydrogen (secondary N) is 1. The molecule has 0 aliphatic heterocycles. The van der Waals surface area contributed by atoms with E-state index in [2.05, 4.69) is 5.32 Å². The Morgan fingerprint density at radius 3 is 2.13 bits per heavy atom. The Bertz CT molecular complexity index is 1720. The molecule has 0 spiro atoms. The monoisotopic (exact) mass is 641 g/mol. The lowest BCUT2D eigenvalue weighted by Crippen LogP contribution is -2.53. The van der Waals surface area contributed by atoms with Crippen molar-refractivity contribution in [2.24, 2.45) is 5.92 Å². The molecule has 0 heterocycles. The van der Waals surface area contributed by atoms with E-state index < -0.39 is 28.5 Å². The van der Waals surface area contributed by atoms with Crippen LogP contribution in [0.2, 0.25) is 0 Å². The number of hydrogen-bond donors (Lipinski definition) is 1. The van der Waals surface area contributed by atoms with Crippen LogP contribution in [0.4, 0.5) is 5.69 Å². The molecule has 2 amide bonds. The molecular weight excluding hydrogens is 598 g/mol. The van der Waals surface area contributed by atoms with E-state index in [-0.39, 0.29) is 35.4 Å². The largest absolute Gasteiger partial charge is 0.497 e. The number of benzene rings is 4. The maximum absolute atomic E-state index is 14.6. The van der Waals surface area contributed by atoms with Gasteiger partial charge < -0.3 is 15.0 Å². The Balaban J connectivity index is 1.81. The molecule has 1 N–H and O–H groups in total. The SMILES string of the molecule is COc1cccc(N(CC(=O)N(Cc2cccc(C)c2)C(Cc2ccccc2)C(=O)NCC(C)C)S(=O)(=O)c2ccc(C)cc2)c1. The van der Waals surface area contributed by atoms with Crippen molar-refractivity contribution in [1.29, 1.82) is 0 Å². The summed E-state index contributed by atoms with van der Waals surface area (Å²) in [4.78, 5) is 30.0. The van der Waals surface area contributed by atoms with Gasteiger partial charge in [-0.2, -0.15) is 0 Å². The summed E-state index contributed by atoms with van der Waals surface area (Å²) < 4.78 is 34.9. The smallest absolute Gasteiger partial charge is 0.264 e. The minimum Gasteiger partial charge on any atom is -0.497 e. The third-order valence-corrected chi connectivity index (χ3v) is 9.41. The van der Waals surface area contributed by atoms with Gasteiger partial charge in [-0.3, -0.25) is 13.9 Å². The van der Waals surface area contributed by atoms with Gasteiger partial charge in [0, 0.05) is 25.6 Å². The Hall–Kier alpha value is -4.63. The van der Waals surface area contributed by atoms with Gasteiger partial charge in [-0.05, 0) is 55.2 Å². The van der Waals surface area contributed by atoms with Crippen LogP contribution in [-0.2, 0) is 32.6 Å². The molecule has 1 unspecified atom stereocenters. The van der Waals surface area contributed by atoms with E-state index in [1.54, 1.807) is 36.4 Å². The summed E-state index contributed by atoms with van der Waals surface area (Å²) in [6.45, 7) is 7.87. The second-order valence-corrected chi connectivity index (χ2v) is 13.7. The van der Waals surface area contributed by atoms with Crippen LogP contribution in [0.3, 0.4) is 0 Å². The number of carbonyl (C=O) groups excluding carboxylic acids is 2. The van der Waals surface area contributed by atoms with Crippen LogP contribution in [0, 0.1) is 19.8 Å². The number of nitrogens with zero attached hydrogens (tertiary/aromatic N) is 2. The number of carbonyl (C=O) groups is 2. The molecule has 8 nitrogen and oxygen atoms in total. The van der Waals surface area contributed by atoms with Gasteiger partial charge in [0.05, 0.1) is 17.7 Å². The third-order valence-electron chi connectivity index (χ3n) is 7.62. The molecule has 1 atom stereocenters. The Morgan fingerprint density at radius 2 is 1.48 bits per heavy atom.